The lowest BCUT2D eigenvalue weighted by molar-refractivity contribution is -0.144. The van der Waals surface area contributed by atoms with Crippen molar-refractivity contribution in [3.05, 3.63) is 35.9 Å². The minimum absolute atomic E-state index is 0.128. The van der Waals surface area contributed by atoms with E-state index in [4.69, 9.17) is 4.74 Å². The van der Waals surface area contributed by atoms with Crippen molar-refractivity contribution in [2.75, 3.05) is 26.2 Å². The van der Waals surface area contributed by atoms with Gasteiger partial charge in [-0.05, 0) is 31.5 Å². The van der Waals surface area contributed by atoms with Crippen LogP contribution in [-0.4, -0.2) is 59.2 Å². The van der Waals surface area contributed by atoms with Crippen LogP contribution in [-0.2, 0) is 16.1 Å². The van der Waals surface area contributed by atoms with Gasteiger partial charge in [0.15, 0.2) is 0 Å². The molecule has 0 saturated carbocycles. The molecule has 0 spiro atoms. The minimum Gasteiger partial charge on any atom is -0.481 e. The summed E-state index contributed by atoms with van der Waals surface area (Å²) in [5, 5.41) is 9.34. The molecule has 6 heteroatoms. The van der Waals surface area contributed by atoms with E-state index in [-0.39, 0.29) is 19.2 Å². The number of ether oxygens (including phenoxy) is 1. The fraction of sp³-hybridized carbons (Fsp3) is 0.529. The minimum atomic E-state index is -0.837. The topological polar surface area (TPSA) is 70.1 Å². The van der Waals surface area contributed by atoms with Gasteiger partial charge in [0.05, 0.1) is 5.92 Å². The zero-order chi connectivity index (χ0) is 16.2. The van der Waals surface area contributed by atoms with Crippen molar-refractivity contribution in [1.29, 1.82) is 0 Å². The van der Waals surface area contributed by atoms with Gasteiger partial charge in [-0.3, -0.25) is 9.69 Å². The Hall–Kier alpha value is -2.08. The van der Waals surface area contributed by atoms with Gasteiger partial charge >= 0.3 is 12.1 Å². The summed E-state index contributed by atoms with van der Waals surface area (Å²) in [6, 6.07) is 9.61. The molecule has 1 aromatic rings. The highest BCUT2D eigenvalue weighted by Gasteiger charge is 2.38. The highest BCUT2D eigenvalue weighted by atomic mass is 16.6. The van der Waals surface area contributed by atoms with Gasteiger partial charge in [-0.2, -0.15) is 0 Å². The SMILES string of the molecule is O=C(O)[C@H]1C[C@@H](N2CCC2)CN(C(=O)OCc2ccccc2)C1. The van der Waals surface area contributed by atoms with Crippen molar-refractivity contribution >= 4 is 12.1 Å². The Morgan fingerprint density at radius 3 is 2.52 bits per heavy atom. The molecule has 0 aliphatic carbocycles. The number of benzene rings is 1. The summed E-state index contributed by atoms with van der Waals surface area (Å²) in [6.45, 7) is 2.97. The molecule has 23 heavy (non-hydrogen) atoms. The molecular formula is C17H22N2O4. The highest BCUT2D eigenvalue weighted by molar-refractivity contribution is 5.73. The largest absolute Gasteiger partial charge is 0.481 e. The third kappa shape index (κ3) is 3.82. The first-order valence-corrected chi connectivity index (χ1v) is 8.06. The summed E-state index contributed by atoms with van der Waals surface area (Å²) in [5.74, 6) is -1.35. The lowest BCUT2D eigenvalue weighted by atomic mass is 9.92. The maximum atomic E-state index is 12.3. The molecule has 0 aromatic heterocycles. The van der Waals surface area contributed by atoms with Crippen molar-refractivity contribution in [3.63, 3.8) is 0 Å². The average Bonchev–Trinajstić information content (AvgIpc) is 2.51. The molecule has 0 unspecified atom stereocenters. The van der Waals surface area contributed by atoms with E-state index in [1.54, 1.807) is 4.90 Å². The summed E-state index contributed by atoms with van der Waals surface area (Å²) in [6.07, 6.45) is 1.33. The molecule has 3 rings (SSSR count). The van der Waals surface area contributed by atoms with Gasteiger partial charge in [-0.25, -0.2) is 4.79 Å². The summed E-state index contributed by atoms with van der Waals surface area (Å²) in [4.78, 5) is 27.5. The van der Waals surface area contributed by atoms with Gasteiger partial charge in [-0.1, -0.05) is 30.3 Å². The monoisotopic (exact) mass is 318 g/mol. The second-order valence-corrected chi connectivity index (χ2v) is 6.26. The number of aliphatic carboxylic acids is 1. The van der Waals surface area contributed by atoms with Crippen LogP contribution in [0.5, 0.6) is 0 Å². The zero-order valence-electron chi connectivity index (χ0n) is 13.1. The van der Waals surface area contributed by atoms with E-state index < -0.39 is 18.0 Å². The summed E-state index contributed by atoms with van der Waals surface area (Å²) < 4.78 is 5.35. The fourth-order valence-electron chi connectivity index (χ4n) is 3.18. The van der Waals surface area contributed by atoms with E-state index in [1.165, 1.54) is 0 Å². The second kappa shape index (κ2) is 7.00. The maximum Gasteiger partial charge on any atom is 0.410 e. The normalized spacial score (nSPS) is 24.8. The van der Waals surface area contributed by atoms with E-state index in [1.807, 2.05) is 30.3 Å². The van der Waals surface area contributed by atoms with Crippen LogP contribution in [0, 0.1) is 5.92 Å². The molecule has 2 aliphatic rings. The van der Waals surface area contributed by atoms with Crippen LogP contribution in [0.25, 0.3) is 0 Å². The van der Waals surface area contributed by atoms with Crippen LogP contribution < -0.4 is 0 Å². The Morgan fingerprint density at radius 1 is 1.17 bits per heavy atom. The van der Waals surface area contributed by atoms with Crippen molar-refractivity contribution in [2.24, 2.45) is 5.92 Å². The number of likely N-dealkylation sites (tertiary alicyclic amines) is 2. The fourth-order valence-corrected chi connectivity index (χ4v) is 3.18. The Morgan fingerprint density at radius 2 is 1.91 bits per heavy atom. The number of carboxylic acid groups (broad SMARTS) is 1. The van der Waals surface area contributed by atoms with Gasteiger partial charge < -0.3 is 14.7 Å². The Kier molecular flexibility index (Phi) is 4.81. The first-order chi connectivity index (χ1) is 11.1. The molecule has 0 radical (unpaired) electrons. The number of carbonyl (C=O) groups is 2. The summed E-state index contributed by atoms with van der Waals surface area (Å²) in [7, 11) is 0. The maximum absolute atomic E-state index is 12.3. The lowest BCUT2D eigenvalue weighted by Gasteiger charge is -2.44. The second-order valence-electron chi connectivity index (χ2n) is 6.26. The van der Waals surface area contributed by atoms with Crippen molar-refractivity contribution in [2.45, 2.75) is 25.5 Å². The molecule has 6 nitrogen and oxygen atoms in total. The van der Waals surface area contributed by atoms with E-state index in [9.17, 15) is 14.7 Å². The molecule has 0 bridgehead atoms. The molecule has 124 valence electrons. The van der Waals surface area contributed by atoms with E-state index in [0.717, 1.165) is 25.1 Å². The van der Waals surface area contributed by atoms with Gasteiger partial charge in [0.2, 0.25) is 0 Å². The first-order valence-electron chi connectivity index (χ1n) is 8.06. The van der Waals surface area contributed by atoms with Crippen LogP contribution >= 0.6 is 0 Å². The Balaban J connectivity index is 1.59. The summed E-state index contributed by atoms with van der Waals surface area (Å²) in [5.41, 5.74) is 0.923. The number of nitrogens with zero attached hydrogens (tertiary/aromatic N) is 2. The van der Waals surface area contributed by atoms with Gasteiger partial charge in [0.25, 0.3) is 0 Å². The lowest BCUT2D eigenvalue weighted by Crippen LogP contribution is -2.57. The van der Waals surface area contributed by atoms with Crippen molar-refractivity contribution in [1.82, 2.24) is 9.80 Å². The Labute approximate surface area is 135 Å². The molecule has 2 atom stereocenters. The van der Waals surface area contributed by atoms with Crippen LogP contribution in [0.3, 0.4) is 0 Å². The summed E-state index contributed by atoms with van der Waals surface area (Å²) >= 11 is 0. The van der Waals surface area contributed by atoms with Gasteiger partial charge in [0, 0.05) is 19.1 Å². The van der Waals surface area contributed by atoms with Crippen LogP contribution in [0.1, 0.15) is 18.4 Å². The predicted molar refractivity (Wildman–Crippen MR) is 83.9 cm³/mol. The van der Waals surface area contributed by atoms with E-state index in [2.05, 4.69) is 4.90 Å². The smallest absolute Gasteiger partial charge is 0.410 e. The molecule has 2 heterocycles. The van der Waals surface area contributed by atoms with Crippen molar-refractivity contribution in [3.8, 4) is 0 Å². The molecule has 2 fully saturated rings. The van der Waals surface area contributed by atoms with E-state index >= 15 is 0 Å². The molecule has 1 N–H and O–H groups in total. The number of hydrogen-bond donors (Lipinski definition) is 1. The first kappa shape index (κ1) is 15.8. The van der Waals surface area contributed by atoms with Crippen molar-refractivity contribution < 1.29 is 19.4 Å². The number of piperidine rings is 1. The molecule has 1 aromatic carbocycles. The van der Waals surface area contributed by atoms with Crippen LogP contribution in [0.15, 0.2) is 30.3 Å². The Bertz CT molecular complexity index is 559. The number of rotatable bonds is 4. The standard InChI is InChI=1S/C17H22N2O4/c20-16(21)14-9-15(18-7-4-8-18)11-19(10-14)17(22)23-12-13-5-2-1-3-6-13/h1-3,5-6,14-15H,4,7-12H2,(H,20,21)/t14-,15+/m0/s1. The quantitative estimate of drug-likeness (QED) is 0.917. The third-order valence-electron chi connectivity index (χ3n) is 4.65. The average molecular weight is 318 g/mol. The zero-order valence-corrected chi connectivity index (χ0v) is 13.1. The number of hydrogen-bond acceptors (Lipinski definition) is 4. The molecular weight excluding hydrogens is 296 g/mol. The number of carbonyl (C=O) groups excluding carboxylic acids is 1. The highest BCUT2D eigenvalue weighted by Crippen LogP contribution is 2.25. The van der Waals surface area contributed by atoms with Gasteiger partial charge in [0.1, 0.15) is 6.61 Å². The van der Waals surface area contributed by atoms with Crippen LogP contribution in [0.2, 0.25) is 0 Å². The molecule has 1 amide bonds. The van der Waals surface area contributed by atoms with Crippen LogP contribution in [0.4, 0.5) is 4.79 Å². The van der Waals surface area contributed by atoms with Gasteiger partial charge in [-0.15, -0.1) is 0 Å². The number of carboxylic acids is 1. The predicted octanol–water partition coefficient (Wildman–Crippen LogP) is 1.80. The third-order valence-corrected chi connectivity index (χ3v) is 4.65. The molecule has 2 aliphatic heterocycles. The molecule has 2 saturated heterocycles. The number of amides is 1. The van der Waals surface area contributed by atoms with E-state index in [0.29, 0.717) is 13.0 Å².